The Hall–Kier alpha value is -2.64. The minimum Gasteiger partial charge on any atom is -0.378 e. The molecule has 3 aromatic rings. The van der Waals surface area contributed by atoms with E-state index >= 15 is 0 Å². The molecule has 0 bridgehead atoms. The number of aromatic nitrogens is 3. The monoisotopic (exact) mass is 411 g/mol. The van der Waals surface area contributed by atoms with E-state index in [1.165, 1.54) is 16.8 Å². The maximum Gasteiger partial charge on any atom is 0.274 e. The van der Waals surface area contributed by atoms with Crippen molar-refractivity contribution in [3.8, 4) is 0 Å². The summed E-state index contributed by atoms with van der Waals surface area (Å²) in [5.41, 5.74) is 4.71. The molecule has 1 unspecified atom stereocenters. The van der Waals surface area contributed by atoms with Crippen LogP contribution in [0.1, 0.15) is 34.6 Å². The molecule has 0 saturated carbocycles. The molecule has 5 rings (SSSR count). The first-order valence-corrected chi connectivity index (χ1v) is 10.3. The highest BCUT2D eigenvalue weighted by molar-refractivity contribution is 6.30. The van der Waals surface area contributed by atoms with E-state index in [0.29, 0.717) is 22.9 Å². The van der Waals surface area contributed by atoms with E-state index in [2.05, 4.69) is 40.1 Å². The van der Waals surface area contributed by atoms with Crippen LogP contribution < -0.4 is 4.90 Å². The predicted octanol–water partition coefficient (Wildman–Crippen LogP) is 2.98. The van der Waals surface area contributed by atoms with Gasteiger partial charge in [-0.05, 0) is 36.6 Å². The Morgan fingerprint density at radius 2 is 2.03 bits per heavy atom. The van der Waals surface area contributed by atoms with Crippen molar-refractivity contribution >= 4 is 28.8 Å². The van der Waals surface area contributed by atoms with Gasteiger partial charge < -0.3 is 14.5 Å². The molecule has 1 saturated heterocycles. The zero-order chi connectivity index (χ0) is 20.0. The fraction of sp³-hybridized carbons (Fsp3) is 0.381. The van der Waals surface area contributed by atoms with Crippen LogP contribution in [-0.2, 0) is 11.2 Å². The third-order valence-corrected chi connectivity index (χ3v) is 6.00. The third kappa shape index (κ3) is 3.34. The van der Waals surface area contributed by atoms with Crippen LogP contribution in [0.15, 0.2) is 36.7 Å². The molecule has 1 fully saturated rings. The van der Waals surface area contributed by atoms with Crippen molar-refractivity contribution in [1.29, 1.82) is 0 Å². The second kappa shape index (κ2) is 7.31. The van der Waals surface area contributed by atoms with Gasteiger partial charge in [0.1, 0.15) is 0 Å². The Bertz CT molecular complexity index is 1080. The Morgan fingerprint density at radius 1 is 1.21 bits per heavy atom. The largest absolute Gasteiger partial charge is 0.378 e. The molecule has 1 aromatic carbocycles. The normalized spacial score (nSPS) is 19.4. The number of nitrogens with zero attached hydrogens (tertiary/aromatic N) is 5. The van der Waals surface area contributed by atoms with Gasteiger partial charge in [0, 0.05) is 37.6 Å². The summed E-state index contributed by atoms with van der Waals surface area (Å²) in [5, 5.41) is 4.87. The molecule has 8 heteroatoms. The summed E-state index contributed by atoms with van der Waals surface area (Å²) in [6, 6.07) is 8.32. The van der Waals surface area contributed by atoms with Crippen molar-refractivity contribution in [3.63, 3.8) is 0 Å². The standard InChI is InChI=1S/C21H22ClN5O2/c1-14-18-10-17(25-6-8-29-9-7-25)3-2-15(18)4-5-26(14)21(28)19-11-20-23-12-16(22)13-27(20)24-19/h2-3,10-14H,4-9H2,1H3. The van der Waals surface area contributed by atoms with E-state index in [4.69, 9.17) is 16.3 Å². The Balaban J connectivity index is 1.43. The van der Waals surface area contributed by atoms with E-state index in [0.717, 1.165) is 32.7 Å². The first-order valence-electron chi connectivity index (χ1n) is 9.87. The SMILES string of the molecule is CC1c2cc(N3CCOCC3)ccc2CCN1C(=O)c1cc2ncc(Cl)cn2n1. The van der Waals surface area contributed by atoms with Gasteiger partial charge in [0.2, 0.25) is 0 Å². The summed E-state index contributed by atoms with van der Waals surface area (Å²) < 4.78 is 7.02. The van der Waals surface area contributed by atoms with E-state index in [1.54, 1.807) is 23.0 Å². The van der Waals surface area contributed by atoms with Crippen molar-refractivity contribution in [2.24, 2.45) is 0 Å². The number of fused-ring (bicyclic) bond motifs is 2. The molecule has 150 valence electrons. The number of benzene rings is 1. The molecule has 29 heavy (non-hydrogen) atoms. The minimum atomic E-state index is -0.0819. The molecule has 0 aliphatic carbocycles. The van der Waals surface area contributed by atoms with Crippen molar-refractivity contribution < 1.29 is 9.53 Å². The number of carbonyl (C=O) groups is 1. The molecule has 0 radical (unpaired) electrons. The first-order chi connectivity index (χ1) is 14.1. The van der Waals surface area contributed by atoms with Gasteiger partial charge in [-0.2, -0.15) is 5.10 Å². The van der Waals surface area contributed by atoms with Gasteiger partial charge in [-0.15, -0.1) is 0 Å². The van der Waals surface area contributed by atoms with E-state index in [9.17, 15) is 4.79 Å². The van der Waals surface area contributed by atoms with Crippen molar-refractivity contribution in [3.05, 3.63) is 58.5 Å². The molecule has 0 spiro atoms. The number of rotatable bonds is 2. The molecule has 2 aliphatic rings. The van der Waals surface area contributed by atoms with Crippen molar-refractivity contribution in [2.75, 3.05) is 37.7 Å². The zero-order valence-corrected chi connectivity index (χ0v) is 17.0. The smallest absolute Gasteiger partial charge is 0.274 e. The van der Waals surface area contributed by atoms with Crippen LogP contribution in [-0.4, -0.2) is 58.3 Å². The molecular formula is C21H22ClN5O2. The Labute approximate surface area is 173 Å². The van der Waals surface area contributed by atoms with Crippen LogP contribution in [0.5, 0.6) is 0 Å². The van der Waals surface area contributed by atoms with E-state index in [-0.39, 0.29) is 11.9 Å². The fourth-order valence-corrected chi connectivity index (χ4v) is 4.34. The average molecular weight is 412 g/mol. The molecule has 1 atom stereocenters. The molecule has 1 amide bonds. The number of hydrogen-bond donors (Lipinski definition) is 0. The van der Waals surface area contributed by atoms with Crippen LogP contribution in [0.2, 0.25) is 5.02 Å². The van der Waals surface area contributed by atoms with E-state index < -0.39 is 0 Å². The lowest BCUT2D eigenvalue weighted by molar-refractivity contribution is 0.0671. The van der Waals surface area contributed by atoms with Gasteiger partial charge >= 0.3 is 0 Å². The van der Waals surface area contributed by atoms with Crippen LogP contribution in [0.3, 0.4) is 0 Å². The topological polar surface area (TPSA) is 63.0 Å². The van der Waals surface area contributed by atoms with Crippen molar-refractivity contribution in [2.45, 2.75) is 19.4 Å². The number of halogens is 1. The molecule has 7 nitrogen and oxygen atoms in total. The van der Waals surface area contributed by atoms with E-state index in [1.807, 2.05) is 4.90 Å². The number of anilines is 1. The Kier molecular flexibility index (Phi) is 4.64. The van der Waals surface area contributed by atoms with Crippen LogP contribution in [0.4, 0.5) is 5.69 Å². The van der Waals surface area contributed by atoms with Crippen LogP contribution in [0, 0.1) is 0 Å². The number of amides is 1. The summed E-state index contributed by atoms with van der Waals surface area (Å²) in [5.74, 6) is -0.0819. The average Bonchev–Trinajstić information content (AvgIpc) is 3.17. The number of carbonyl (C=O) groups excluding carboxylic acids is 1. The van der Waals surface area contributed by atoms with Gasteiger partial charge in [-0.25, -0.2) is 9.50 Å². The van der Waals surface area contributed by atoms with Gasteiger partial charge in [0.25, 0.3) is 5.91 Å². The lowest BCUT2D eigenvalue weighted by Gasteiger charge is -2.36. The zero-order valence-electron chi connectivity index (χ0n) is 16.2. The highest BCUT2D eigenvalue weighted by Gasteiger charge is 2.30. The summed E-state index contributed by atoms with van der Waals surface area (Å²) in [6.45, 7) is 6.06. The van der Waals surface area contributed by atoms with Gasteiger partial charge in [0.05, 0.1) is 30.5 Å². The number of morpholine rings is 1. The molecule has 4 heterocycles. The molecule has 2 aliphatic heterocycles. The summed E-state index contributed by atoms with van der Waals surface area (Å²) in [7, 11) is 0. The third-order valence-electron chi connectivity index (χ3n) is 5.81. The highest BCUT2D eigenvalue weighted by atomic mass is 35.5. The Morgan fingerprint density at radius 3 is 2.86 bits per heavy atom. The first kappa shape index (κ1) is 18.4. The van der Waals surface area contributed by atoms with Gasteiger partial charge in [-0.1, -0.05) is 17.7 Å². The van der Waals surface area contributed by atoms with Crippen LogP contribution in [0.25, 0.3) is 5.65 Å². The minimum absolute atomic E-state index is 0.0198. The molecule has 2 aromatic heterocycles. The quantitative estimate of drug-likeness (QED) is 0.648. The molecular weight excluding hydrogens is 390 g/mol. The number of ether oxygens (including phenoxy) is 1. The van der Waals surface area contributed by atoms with Gasteiger partial charge in [0.15, 0.2) is 11.3 Å². The molecule has 0 N–H and O–H groups in total. The van der Waals surface area contributed by atoms with Crippen LogP contribution >= 0.6 is 11.6 Å². The highest BCUT2D eigenvalue weighted by Crippen LogP contribution is 2.33. The van der Waals surface area contributed by atoms with Gasteiger partial charge in [-0.3, -0.25) is 4.79 Å². The number of hydrogen-bond acceptors (Lipinski definition) is 5. The second-order valence-electron chi connectivity index (χ2n) is 7.51. The fourth-order valence-electron chi connectivity index (χ4n) is 4.20. The lowest BCUT2D eigenvalue weighted by Crippen LogP contribution is -2.40. The maximum absolute atomic E-state index is 13.2. The summed E-state index contributed by atoms with van der Waals surface area (Å²) >= 11 is 5.98. The maximum atomic E-state index is 13.2. The predicted molar refractivity (Wildman–Crippen MR) is 111 cm³/mol. The summed E-state index contributed by atoms with van der Waals surface area (Å²) in [4.78, 5) is 21.7. The lowest BCUT2D eigenvalue weighted by atomic mass is 9.92. The summed E-state index contributed by atoms with van der Waals surface area (Å²) in [6.07, 6.45) is 4.05. The second-order valence-corrected chi connectivity index (χ2v) is 7.95. The van der Waals surface area contributed by atoms with Crippen molar-refractivity contribution in [1.82, 2.24) is 19.5 Å².